The van der Waals surface area contributed by atoms with Gasteiger partial charge >= 0.3 is 0 Å². The Morgan fingerprint density at radius 1 is 0.900 bits per heavy atom. The maximum absolute atomic E-state index is 12.7. The first-order valence-electron chi connectivity index (χ1n) is 10.2. The van der Waals surface area contributed by atoms with Crippen LogP contribution in [0.3, 0.4) is 0 Å². The van der Waals surface area contributed by atoms with Crippen molar-refractivity contribution in [2.45, 2.75) is 22.3 Å². The van der Waals surface area contributed by atoms with E-state index in [2.05, 4.69) is 75.8 Å². The number of fused-ring (bicyclic) bond motifs is 2. The third kappa shape index (κ3) is 4.53. The van der Waals surface area contributed by atoms with Crippen LogP contribution in [0.15, 0.2) is 88.7 Å². The van der Waals surface area contributed by atoms with Crippen LogP contribution in [0.2, 0.25) is 0 Å². The van der Waals surface area contributed by atoms with Gasteiger partial charge in [0.15, 0.2) is 0 Å². The molecule has 1 heterocycles. The number of hydrogen-bond donors (Lipinski definition) is 1. The average molecular weight is 418 g/mol. The summed E-state index contributed by atoms with van der Waals surface area (Å²) in [6, 6.07) is 27.3. The van der Waals surface area contributed by atoms with E-state index in [0.717, 1.165) is 0 Å². The standard InChI is InChI=1S/C25H27N3OS/c1-27(2)22(19-10-4-3-5-11-19)18-26-25(29)16-17-28-20-12-6-8-14-23(20)30-24-15-9-7-13-21(24)28/h3-15,22H,16-18H2,1-2H3,(H,26,29). The number of hydrogen-bond acceptors (Lipinski definition) is 4. The van der Waals surface area contributed by atoms with Gasteiger partial charge in [-0.2, -0.15) is 0 Å². The lowest BCUT2D eigenvalue weighted by molar-refractivity contribution is -0.121. The third-order valence-corrected chi connectivity index (χ3v) is 6.53. The van der Waals surface area contributed by atoms with Gasteiger partial charge < -0.3 is 15.1 Å². The Bertz CT molecular complexity index is 961. The number of nitrogens with zero attached hydrogens (tertiary/aromatic N) is 2. The van der Waals surface area contributed by atoms with E-state index in [1.165, 1.54) is 26.7 Å². The lowest BCUT2D eigenvalue weighted by Crippen LogP contribution is -2.36. The van der Waals surface area contributed by atoms with Gasteiger partial charge in [0.2, 0.25) is 5.91 Å². The van der Waals surface area contributed by atoms with E-state index in [4.69, 9.17) is 0 Å². The second-order valence-electron chi connectivity index (χ2n) is 7.63. The first kappa shape index (κ1) is 20.5. The number of para-hydroxylation sites is 2. The van der Waals surface area contributed by atoms with E-state index in [0.29, 0.717) is 19.5 Å². The second kappa shape index (κ2) is 9.37. The molecule has 0 saturated heterocycles. The number of carbonyl (C=O) groups is 1. The molecule has 1 aliphatic rings. The Kier molecular flexibility index (Phi) is 6.41. The quantitative estimate of drug-likeness (QED) is 0.580. The van der Waals surface area contributed by atoms with Crippen LogP contribution in [0.25, 0.3) is 0 Å². The number of likely N-dealkylation sites (N-methyl/N-ethyl adjacent to an activating group) is 1. The van der Waals surface area contributed by atoms with Crippen molar-refractivity contribution < 1.29 is 4.79 Å². The molecule has 0 bridgehead atoms. The minimum Gasteiger partial charge on any atom is -0.354 e. The minimum absolute atomic E-state index is 0.0750. The number of carbonyl (C=O) groups excluding carboxylic acids is 1. The highest BCUT2D eigenvalue weighted by Crippen LogP contribution is 2.47. The van der Waals surface area contributed by atoms with Crippen LogP contribution in [0.4, 0.5) is 11.4 Å². The molecular weight excluding hydrogens is 390 g/mol. The Morgan fingerprint density at radius 3 is 2.07 bits per heavy atom. The van der Waals surface area contributed by atoms with Crippen molar-refractivity contribution >= 4 is 29.0 Å². The van der Waals surface area contributed by atoms with Gasteiger partial charge in [0.25, 0.3) is 0 Å². The van der Waals surface area contributed by atoms with Crippen molar-refractivity contribution in [1.82, 2.24) is 10.2 Å². The van der Waals surface area contributed by atoms with E-state index >= 15 is 0 Å². The summed E-state index contributed by atoms with van der Waals surface area (Å²) in [5, 5.41) is 3.14. The number of benzene rings is 3. The molecule has 0 radical (unpaired) electrons. The van der Waals surface area contributed by atoms with Crippen LogP contribution in [0, 0.1) is 0 Å². The molecule has 0 saturated carbocycles. The molecule has 1 amide bonds. The van der Waals surface area contributed by atoms with Gasteiger partial charge in [-0.25, -0.2) is 0 Å². The van der Waals surface area contributed by atoms with Crippen molar-refractivity contribution in [1.29, 1.82) is 0 Å². The first-order chi connectivity index (χ1) is 14.6. The molecule has 3 aromatic carbocycles. The smallest absolute Gasteiger partial charge is 0.221 e. The zero-order chi connectivity index (χ0) is 20.9. The monoisotopic (exact) mass is 417 g/mol. The van der Waals surface area contributed by atoms with E-state index in [1.54, 1.807) is 11.8 Å². The number of nitrogens with one attached hydrogen (secondary N) is 1. The predicted octanol–water partition coefficient (Wildman–Crippen LogP) is 5.10. The maximum Gasteiger partial charge on any atom is 0.221 e. The van der Waals surface area contributed by atoms with Crippen molar-refractivity contribution in [2.75, 3.05) is 32.1 Å². The minimum atomic E-state index is 0.0750. The molecule has 5 heteroatoms. The predicted molar refractivity (Wildman–Crippen MR) is 125 cm³/mol. The molecule has 3 aromatic rings. The fourth-order valence-electron chi connectivity index (χ4n) is 3.81. The summed E-state index contributed by atoms with van der Waals surface area (Å²) in [4.78, 5) is 19.6. The maximum atomic E-state index is 12.7. The molecule has 4 rings (SSSR count). The summed E-state index contributed by atoms with van der Waals surface area (Å²) in [5.41, 5.74) is 3.55. The van der Waals surface area contributed by atoms with Crippen LogP contribution in [0.5, 0.6) is 0 Å². The van der Waals surface area contributed by atoms with E-state index in [9.17, 15) is 4.79 Å². The Balaban J connectivity index is 1.42. The summed E-state index contributed by atoms with van der Waals surface area (Å²) < 4.78 is 0. The summed E-state index contributed by atoms with van der Waals surface area (Å²) in [6.45, 7) is 1.25. The molecule has 1 aliphatic heterocycles. The Hall–Kier alpha value is -2.76. The van der Waals surface area contributed by atoms with E-state index < -0.39 is 0 Å². The molecule has 1 unspecified atom stereocenters. The SMILES string of the molecule is CN(C)C(CNC(=O)CCN1c2ccccc2Sc2ccccc21)c1ccccc1. The Morgan fingerprint density at radius 2 is 1.47 bits per heavy atom. The topological polar surface area (TPSA) is 35.6 Å². The number of rotatable bonds is 7. The first-order valence-corrected chi connectivity index (χ1v) is 11.1. The lowest BCUT2D eigenvalue weighted by Gasteiger charge is -2.32. The van der Waals surface area contributed by atoms with Gasteiger partial charge in [0.1, 0.15) is 0 Å². The van der Waals surface area contributed by atoms with Crippen LogP contribution >= 0.6 is 11.8 Å². The van der Waals surface area contributed by atoms with Crippen LogP contribution in [-0.4, -0.2) is 38.0 Å². The second-order valence-corrected chi connectivity index (χ2v) is 8.72. The Labute approximate surface area is 182 Å². The van der Waals surface area contributed by atoms with Gasteiger partial charge in [-0.15, -0.1) is 0 Å². The normalized spacial score (nSPS) is 13.5. The molecule has 1 N–H and O–H groups in total. The highest BCUT2D eigenvalue weighted by Gasteiger charge is 2.23. The molecule has 154 valence electrons. The van der Waals surface area contributed by atoms with Crippen molar-refractivity contribution in [3.63, 3.8) is 0 Å². The molecule has 0 fully saturated rings. The number of anilines is 2. The fourth-order valence-corrected chi connectivity index (χ4v) is 4.90. The van der Waals surface area contributed by atoms with Gasteiger partial charge in [-0.1, -0.05) is 66.4 Å². The fraction of sp³-hybridized carbons (Fsp3) is 0.240. The van der Waals surface area contributed by atoms with Crippen LogP contribution in [0.1, 0.15) is 18.0 Å². The lowest BCUT2D eigenvalue weighted by atomic mass is 10.1. The van der Waals surface area contributed by atoms with Gasteiger partial charge in [0, 0.05) is 29.3 Å². The van der Waals surface area contributed by atoms with Gasteiger partial charge in [0.05, 0.1) is 17.4 Å². The largest absolute Gasteiger partial charge is 0.354 e. The zero-order valence-electron chi connectivity index (χ0n) is 17.4. The molecule has 4 nitrogen and oxygen atoms in total. The van der Waals surface area contributed by atoms with Crippen LogP contribution in [-0.2, 0) is 4.79 Å². The highest BCUT2D eigenvalue weighted by atomic mass is 32.2. The molecule has 0 spiro atoms. The van der Waals surface area contributed by atoms with E-state index in [1.807, 2.05) is 32.3 Å². The highest BCUT2D eigenvalue weighted by molar-refractivity contribution is 7.99. The van der Waals surface area contributed by atoms with E-state index in [-0.39, 0.29) is 11.9 Å². The average Bonchev–Trinajstić information content (AvgIpc) is 2.77. The molecule has 0 aromatic heterocycles. The van der Waals surface area contributed by atoms with Crippen molar-refractivity contribution in [3.8, 4) is 0 Å². The molecule has 0 aliphatic carbocycles. The number of amides is 1. The molecular formula is C25H27N3OS. The summed E-state index contributed by atoms with van der Waals surface area (Å²) in [6.07, 6.45) is 0.447. The summed E-state index contributed by atoms with van der Waals surface area (Å²) >= 11 is 1.79. The van der Waals surface area contributed by atoms with Crippen molar-refractivity contribution in [3.05, 3.63) is 84.4 Å². The summed E-state index contributed by atoms with van der Waals surface area (Å²) in [7, 11) is 4.09. The van der Waals surface area contributed by atoms with Gasteiger partial charge in [-0.05, 0) is 43.9 Å². The van der Waals surface area contributed by atoms with Crippen LogP contribution < -0.4 is 10.2 Å². The third-order valence-electron chi connectivity index (χ3n) is 5.39. The van der Waals surface area contributed by atoms with Gasteiger partial charge in [-0.3, -0.25) is 4.79 Å². The molecule has 30 heavy (non-hydrogen) atoms. The van der Waals surface area contributed by atoms with Crippen molar-refractivity contribution in [2.24, 2.45) is 0 Å². The zero-order valence-corrected chi connectivity index (χ0v) is 18.2. The summed E-state index contributed by atoms with van der Waals surface area (Å²) in [5.74, 6) is 0.0750. The molecule has 1 atom stereocenters.